The molecule has 0 bridgehead atoms. The Balaban J connectivity index is 1.93. The largest absolute Gasteiger partial charge is 0.390 e. The summed E-state index contributed by atoms with van der Waals surface area (Å²) in [6, 6.07) is 9.33. The summed E-state index contributed by atoms with van der Waals surface area (Å²) < 4.78 is 0. The molecule has 0 aromatic heterocycles. The molecule has 1 aliphatic heterocycles. The van der Waals surface area contributed by atoms with Crippen molar-refractivity contribution in [1.29, 1.82) is 0 Å². The molecule has 1 aliphatic rings. The van der Waals surface area contributed by atoms with Gasteiger partial charge in [0.15, 0.2) is 0 Å². The predicted molar refractivity (Wildman–Crippen MR) is 79.2 cm³/mol. The summed E-state index contributed by atoms with van der Waals surface area (Å²) in [7, 11) is 0. The fourth-order valence-electron chi connectivity index (χ4n) is 2.67. The van der Waals surface area contributed by atoms with Gasteiger partial charge in [-0.3, -0.25) is 4.79 Å². The molecule has 4 nitrogen and oxygen atoms in total. The molecule has 1 heterocycles. The first-order valence-corrected chi connectivity index (χ1v) is 7.29. The highest BCUT2D eigenvalue weighted by Crippen LogP contribution is 2.21. The minimum atomic E-state index is -0.654. The SMILES string of the molecule is CC1(O)CCCN(C(=O)C(N)Cc2ccccc2)CC1. The van der Waals surface area contributed by atoms with Crippen LogP contribution in [-0.2, 0) is 11.2 Å². The van der Waals surface area contributed by atoms with Crippen LogP contribution in [0.5, 0.6) is 0 Å². The van der Waals surface area contributed by atoms with Crippen molar-refractivity contribution in [3.8, 4) is 0 Å². The highest BCUT2D eigenvalue weighted by Gasteiger charge is 2.29. The fraction of sp³-hybridized carbons (Fsp3) is 0.562. The maximum Gasteiger partial charge on any atom is 0.239 e. The van der Waals surface area contributed by atoms with Crippen molar-refractivity contribution in [2.45, 2.75) is 44.2 Å². The maximum absolute atomic E-state index is 12.4. The van der Waals surface area contributed by atoms with Gasteiger partial charge in [-0.15, -0.1) is 0 Å². The summed E-state index contributed by atoms with van der Waals surface area (Å²) in [5.41, 5.74) is 6.47. The van der Waals surface area contributed by atoms with Crippen molar-refractivity contribution < 1.29 is 9.90 Å². The molecule has 1 aromatic carbocycles. The molecule has 2 rings (SSSR count). The van der Waals surface area contributed by atoms with E-state index >= 15 is 0 Å². The summed E-state index contributed by atoms with van der Waals surface area (Å²) in [6.45, 7) is 3.12. The van der Waals surface area contributed by atoms with Gasteiger partial charge in [-0.05, 0) is 38.2 Å². The number of hydrogen-bond acceptors (Lipinski definition) is 3. The van der Waals surface area contributed by atoms with Gasteiger partial charge in [0.25, 0.3) is 0 Å². The molecule has 20 heavy (non-hydrogen) atoms. The van der Waals surface area contributed by atoms with E-state index in [0.717, 1.165) is 18.4 Å². The van der Waals surface area contributed by atoms with E-state index < -0.39 is 11.6 Å². The number of nitrogens with two attached hydrogens (primary N) is 1. The standard InChI is InChI=1S/C16H24N2O2/c1-16(20)8-5-10-18(11-9-16)15(19)14(17)12-13-6-3-2-4-7-13/h2-4,6-7,14,20H,5,8-12,17H2,1H3. The second-order valence-electron chi connectivity index (χ2n) is 5.97. The topological polar surface area (TPSA) is 66.6 Å². The van der Waals surface area contributed by atoms with Crippen molar-refractivity contribution in [1.82, 2.24) is 4.90 Å². The van der Waals surface area contributed by atoms with Gasteiger partial charge in [-0.1, -0.05) is 30.3 Å². The van der Waals surface area contributed by atoms with Gasteiger partial charge >= 0.3 is 0 Å². The third kappa shape index (κ3) is 4.05. The molecular formula is C16H24N2O2. The van der Waals surface area contributed by atoms with Crippen LogP contribution in [0.2, 0.25) is 0 Å². The highest BCUT2D eigenvalue weighted by molar-refractivity contribution is 5.82. The number of carbonyl (C=O) groups is 1. The summed E-state index contributed by atoms with van der Waals surface area (Å²) in [5.74, 6) is -0.00782. The first-order chi connectivity index (χ1) is 9.48. The van der Waals surface area contributed by atoms with Gasteiger partial charge in [-0.2, -0.15) is 0 Å². The number of rotatable bonds is 3. The monoisotopic (exact) mass is 276 g/mol. The smallest absolute Gasteiger partial charge is 0.239 e. The number of hydrogen-bond donors (Lipinski definition) is 2. The second kappa shape index (κ2) is 6.37. The lowest BCUT2D eigenvalue weighted by Crippen LogP contribution is -2.45. The molecule has 3 N–H and O–H groups in total. The minimum absolute atomic E-state index is 0.00782. The van der Waals surface area contributed by atoms with Crippen LogP contribution in [0.1, 0.15) is 31.7 Å². The number of benzene rings is 1. The van der Waals surface area contributed by atoms with Crippen LogP contribution in [0.25, 0.3) is 0 Å². The quantitative estimate of drug-likeness (QED) is 0.875. The first kappa shape index (κ1) is 15.0. The minimum Gasteiger partial charge on any atom is -0.390 e. The Kier molecular flexibility index (Phi) is 4.78. The Morgan fingerprint density at radius 3 is 2.75 bits per heavy atom. The molecule has 1 fully saturated rings. The van der Waals surface area contributed by atoms with Gasteiger partial charge in [0.1, 0.15) is 0 Å². The molecule has 110 valence electrons. The van der Waals surface area contributed by atoms with Gasteiger partial charge in [0, 0.05) is 13.1 Å². The zero-order valence-electron chi connectivity index (χ0n) is 12.1. The molecule has 2 atom stereocenters. The van der Waals surface area contributed by atoms with E-state index in [1.807, 2.05) is 37.3 Å². The summed E-state index contributed by atoms with van der Waals surface area (Å²) >= 11 is 0. The van der Waals surface area contributed by atoms with Crippen LogP contribution >= 0.6 is 0 Å². The molecule has 0 spiro atoms. The van der Waals surface area contributed by atoms with Crippen molar-refractivity contribution >= 4 is 5.91 Å². The van der Waals surface area contributed by atoms with E-state index in [1.54, 1.807) is 4.90 Å². The van der Waals surface area contributed by atoms with Crippen LogP contribution < -0.4 is 5.73 Å². The lowest BCUT2D eigenvalue weighted by atomic mass is 9.98. The van der Waals surface area contributed by atoms with Gasteiger partial charge < -0.3 is 15.7 Å². The molecule has 4 heteroatoms. The van der Waals surface area contributed by atoms with Crippen LogP contribution in [0.4, 0.5) is 0 Å². The number of amides is 1. The Bertz CT molecular complexity index is 445. The Hall–Kier alpha value is -1.39. The third-order valence-corrected chi connectivity index (χ3v) is 3.99. The Labute approximate surface area is 120 Å². The van der Waals surface area contributed by atoms with E-state index in [4.69, 9.17) is 5.73 Å². The average molecular weight is 276 g/mol. The number of likely N-dealkylation sites (tertiary alicyclic amines) is 1. The van der Waals surface area contributed by atoms with E-state index in [1.165, 1.54) is 0 Å². The molecule has 0 radical (unpaired) electrons. The van der Waals surface area contributed by atoms with Crippen LogP contribution in [0.3, 0.4) is 0 Å². The molecule has 1 aromatic rings. The van der Waals surface area contributed by atoms with E-state index in [9.17, 15) is 9.90 Å². The van der Waals surface area contributed by atoms with Crippen molar-refractivity contribution in [2.75, 3.05) is 13.1 Å². The van der Waals surface area contributed by atoms with Crippen LogP contribution in [0, 0.1) is 0 Å². The van der Waals surface area contributed by atoms with E-state index in [2.05, 4.69) is 0 Å². The van der Waals surface area contributed by atoms with Crippen molar-refractivity contribution in [2.24, 2.45) is 5.73 Å². The molecule has 0 saturated carbocycles. The normalized spacial score (nSPS) is 25.1. The predicted octanol–water partition coefficient (Wildman–Crippen LogP) is 1.32. The van der Waals surface area contributed by atoms with Gasteiger partial charge in [-0.25, -0.2) is 0 Å². The zero-order chi connectivity index (χ0) is 14.6. The number of aliphatic hydroxyl groups is 1. The fourth-order valence-corrected chi connectivity index (χ4v) is 2.67. The van der Waals surface area contributed by atoms with Crippen LogP contribution in [-0.4, -0.2) is 40.6 Å². The summed E-state index contributed by atoms with van der Waals surface area (Å²) in [5, 5.41) is 10.1. The number of nitrogens with zero attached hydrogens (tertiary/aromatic N) is 1. The Morgan fingerprint density at radius 1 is 1.35 bits per heavy atom. The lowest BCUT2D eigenvalue weighted by Gasteiger charge is -2.25. The summed E-state index contributed by atoms with van der Waals surface area (Å²) in [6.07, 6.45) is 2.75. The van der Waals surface area contributed by atoms with E-state index in [0.29, 0.717) is 25.9 Å². The average Bonchev–Trinajstić information content (AvgIpc) is 2.60. The van der Waals surface area contributed by atoms with Crippen molar-refractivity contribution in [3.05, 3.63) is 35.9 Å². The van der Waals surface area contributed by atoms with E-state index in [-0.39, 0.29) is 5.91 Å². The molecule has 2 unspecified atom stereocenters. The first-order valence-electron chi connectivity index (χ1n) is 7.29. The maximum atomic E-state index is 12.4. The Morgan fingerprint density at radius 2 is 2.05 bits per heavy atom. The second-order valence-corrected chi connectivity index (χ2v) is 5.97. The number of carbonyl (C=O) groups excluding carboxylic acids is 1. The van der Waals surface area contributed by atoms with Gasteiger partial charge in [0.05, 0.1) is 11.6 Å². The lowest BCUT2D eigenvalue weighted by molar-refractivity contribution is -0.132. The third-order valence-electron chi connectivity index (χ3n) is 3.99. The molecule has 1 amide bonds. The molecule has 1 saturated heterocycles. The summed E-state index contributed by atoms with van der Waals surface area (Å²) in [4.78, 5) is 14.2. The molecular weight excluding hydrogens is 252 g/mol. The van der Waals surface area contributed by atoms with Crippen molar-refractivity contribution in [3.63, 3.8) is 0 Å². The zero-order valence-corrected chi connectivity index (χ0v) is 12.1. The van der Waals surface area contributed by atoms with Gasteiger partial charge in [0.2, 0.25) is 5.91 Å². The highest BCUT2D eigenvalue weighted by atomic mass is 16.3. The molecule has 0 aliphatic carbocycles. The van der Waals surface area contributed by atoms with Crippen LogP contribution in [0.15, 0.2) is 30.3 Å².